The lowest BCUT2D eigenvalue weighted by Gasteiger charge is -2.28. The molecule has 1 N–H and O–H groups in total. The monoisotopic (exact) mass is 266 g/mol. The Kier molecular flexibility index (Phi) is 3.61. The van der Waals surface area contributed by atoms with Crippen LogP contribution in [0.4, 0.5) is 4.39 Å². The molecule has 0 amide bonds. The van der Waals surface area contributed by atoms with E-state index in [1.165, 1.54) is 13.2 Å². The fraction of sp³-hybridized carbons (Fsp3) is 0.625. The molecule has 0 radical (unpaired) electrons. The van der Waals surface area contributed by atoms with Crippen LogP contribution in [-0.2, 0) is 6.42 Å². The molecule has 19 heavy (non-hydrogen) atoms. The molecule has 0 aliphatic heterocycles. The molecule has 0 spiro atoms. The maximum Gasteiger partial charge on any atom is 0.165 e. The molecule has 0 aromatic heterocycles. The molecule has 1 saturated carbocycles. The lowest BCUT2D eigenvalue weighted by Crippen LogP contribution is -2.34. The Bertz CT molecular complexity index is 470. The molecule has 2 atom stereocenters. The highest BCUT2D eigenvalue weighted by Crippen LogP contribution is 2.48. The molecule has 1 aromatic carbocycles. The Morgan fingerprint density at radius 2 is 2.11 bits per heavy atom. The van der Waals surface area contributed by atoms with Gasteiger partial charge in [0.1, 0.15) is 0 Å². The molecule has 2 unspecified atom stereocenters. The van der Waals surface area contributed by atoms with Crippen LogP contribution in [0.1, 0.15) is 39.2 Å². The number of hydrogen-bond donors (Lipinski definition) is 1. The van der Waals surface area contributed by atoms with Crippen molar-refractivity contribution in [3.63, 3.8) is 0 Å². The lowest BCUT2D eigenvalue weighted by molar-refractivity contribution is 0.00439. The maximum atomic E-state index is 13.7. The molecule has 1 aliphatic carbocycles. The van der Waals surface area contributed by atoms with Gasteiger partial charge in [-0.15, -0.1) is 0 Å². The van der Waals surface area contributed by atoms with Crippen molar-refractivity contribution < 1.29 is 14.2 Å². The number of aliphatic hydroxyl groups is 1. The minimum Gasteiger partial charge on any atom is -0.494 e. The summed E-state index contributed by atoms with van der Waals surface area (Å²) in [6, 6.07) is 4.92. The first-order valence-corrected chi connectivity index (χ1v) is 6.81. The molecule has 1 aromatic rings. The summed E-state index contributed by atoms with van der Waals surface area (Å²) in [5.74, 6) is 0.108. The zero-order valence-corrected chi connectivity index (χ0v) is 12.2. The Morgan fingerprint density at radius 1 is 1.42 bits per heavy atom. The second-order valence-corrected chi connectivity index (χ2v) is 6.70. The first-order chi connectivity index (χ1) is 8.76. The van der Waals surface area contributed by atoms with Gasteiger partial charge in [-0.2, -0.15) is 0 Å². The molecule has 0 bridgehead atoms. The zero-order valence-electron chi connectivity index (χ0n) is 12.2. The first kappa shape index (κ1) is 14.3. The number of rotatable bonds is 3. The fourth-order valence-corrected chi connectivity index (χ4v) is 3.50. The molecule has 3 heteroatoms. The Labute approximate surface area is 114 Å². The number of methoxy groups -OCH3 is 1. The average molecular weight is 266 g/mol. The SMILES string of the molecule is COc1ccc(CC2(O)CC(C)(C)CC2C)cc1F. The first-order valence-electron chi connectivity index (χ1n) is 6.81. The predicted octanol–water partition coefficient (Wildman–Crippen LogP) is 3.56. The van der Waals surface area contributed by atoms with Crippen LogP contribution in [0, 0.1) is 17.2 Å². The smallest absolute Gasteiger partial charge is 0.165 e. The molecule has 0 heterocycles. The van der Waals surface area contributed by atoms with Crippen molar-refractivity contribution >= 4 is 0 Å². The van der Waals surface area contributed by atoms with Gasteiger partial charge in [0.25, 0.3) is 0 Å². The van der Waals surface area contributed by atoms with Crippen molar-refractivity contribution in [3.8, 4) is 5.75 Å². The van der Waals surface area contributed by atoms with E-state index >= 15 is 0 Å². The Balaban J connectivity index is 2.19. The van der Waals surface area contributed by atoms with E-state index in [0.29, 0.717) is 6.42 Å². The van der Waals surface area contributed by atoms with Gasteiger partial charge < -0.3 is 9.84 Å². The van der Waals surface area contributed by atoms with E-state index in [1.807, 2.05) is 6.07 Å². The minimum absolute atomic E-state index is 0.152. The summed E-state index contributed by atoms with van der Waals surface area (Å²) >= 11 is 0. The second-order valence-electron chi connectivity index (χ2n) is 6.70. The van der Waals surface area contributed by atoms with E-state index < -0.39 is 5.60 Å². The number of hydrogen-bond acceptors (Lipinski definition) is 2. The van der Waals surface area contributed by atoms with Crippen LogP contribution in [0.2, 0.25) is 0 Å². The van der Waals surface area contributed by atoms with Crippen LogP contribution in [0.15, 0.2) is 18.2 Å². The summed E-state index contributed by atoms with van der Waals surface area (Å²) in [5.41, 5.74) is 0.245. The van der Waals surface area contributed by atoms with Crippen molar-refractivity contribution in [2.75, 3.05) is 7.11 Å². The van der Waals surface area contributed by atoms with Crippen LogP contribution >= 0.6 is 0 Å². The van der Waals surface area contributed by atoms with Gasteiger partial charge in [-0.1, -0.05) is 26.8 Å². The van der Waals surface area contributed by atoms with E-state index in [4.69, 9.17) is 4.74 Å². The summed E-state index contributed by atoms with van der Waals surface area (Å²) in [5, 5.41) is 10.8. The van der Waals surface area contributed by atoms with Crippen LogP contribution in [-0.4, -0.2) is 17.8 Å². The molecule has 2 rings (SSSR count). The molecular formula is C16H23FO2. The van der Waals surface area contributed by atoms with Crippen molar-refractivity contribution in [2.24, 2.45) is 11.3 Å². The minimum atomic E-state index is -0.732. The highest BCUT2D eigenvalue weighted by molar-refractivity contribution is 5.30. The molecule has 0 saturated heterocycles. The third kappa shape index (κ3) is 2.92. The van der Waals surface area contributed by atoms with E-state index in [1.54, 1.807) is 6.07 Å². The number of benzene rings is 1. The van der Waals surface area contributed by atoms with Crippen molar-refractivity contribution in [2.45, 2.75) is 45.6 Å². The van der Waals surface area contributed by atoms with E-state index in [-0.39, 0.29) is 22.9 Å². The quantitative estimate of drug-likeness (QED) is 0.906. The van der Waals surface area contributed by atoms with Gasteiger partial charge in [0.2, 0.25) is 0 Å². The molecule has 2 nitrogen and oxygen atoms in total. The van der Waals surface area contributed by atoms with E-state index in [2.05, 4.69) is 20.8 Å². The van der Waals surface area contributed by atoms with Gasteiger partial charge in [0.05, 0.1) is 12.7 Å². The second kappa shape index (κ2) is 4.78. The lowest BCUT2D eigenvalue weighted by atomic mass is 9.84. The van der Waals surface area contributed by atoms with Gasteiger partial charge in [-0.25, -0.2) is 4.39 Å². The van der Waals surface area contributed by atoms with E-state index in [0.717, 1.165) is 18.4 Å². The highest BCUT2D eigenvalue weighted by atomic mass is 19.1. The number of ether oxygens (including phenoxy) is 1. The van der Waals surface area contributed by atoms with Gasteiger partial charge in [-0.3, -0.25) is 0 Å². The summed E-state index contributed by atoms with van der Waals surface area (Å²) in [4.78, 5) is 0. The predicted molar refractivity (Wildman–Crippen MR) is 73.8 cm³/mol. The summed E-state index contributed by atoms with van der Waals surface area (Å²) < 4.78 is 18.6. The Hall–Kier alpha value is -1.09. The van der Waals surface area contributed by atoms with E-state index in [9.17, 15) is 9.50 Å². The van der Waals surface area contributed by atoms with Gasteiger partial charge in [0.15, 0.2) is 11.6 Å². The van der Waals surface area contributed by atoms with Crippen LogP contribution in [0.3, 0.4) is 0 Å². The summed E-state index contributed by atoms with van der Waals surface area (Å²) in [6.45, 7) is 6.43. The maximum absolute atomic E-state index is 13.7. The third-order valence-electron chi connectivity index (χ3n) is 4.29. The largest absolute Gasteiger partial charge is 0.494 e. The van der Waals surface area contributed by atoms with Crippen LogP contribution in [0.25, 0.3) is 0 Å². The van der Waals surface area contributed by atoms with Crippen molar-refractivity contribution in [1.82, 2.24) is 0 Å². The summed E-state index contributed by atoms with van der Waals surface area (Å²) in [6.07, 6.45) is 2.26. The van der Waals surface area contributed by atoms with Crippen molar-refractivity contribution in [3.05, 3.63) is 29.6 Å². The molecule has 106 valence electrons. The molecular weight excluding hydrogens is 243 g/mol. The third-order valence-corrected chi connectivity index (χ3v) is 4.29. The van der Waals surface area contributed by atoms with Crippen molar-refractivity contribution in [1.29, 1.82) is 0 Å². The standard InChI is InChI=1S/C16H23FO2/c1-11-8-15(2,3)10-16(11,18)9-12-5-6-14(19-4)13(17)7-12/h5-7,11,18H,8-10H2,1-4H3. The number of halogens is 1. The summed E-state index contributed by atoms with van der Waals surface area (Å²) in [7, 11) is 1.45. The molecule has 1 aliphatic rings. The zero-order chi connectivity index (χ0) is 14.3. The highest BCUT2D eigenvalue weighted by Gasteiger charge is 2.47. The fourth-order valence-electron chi connectivity index (χ4n) is 3.50. The van der Waals surface area contributed by atoms with Gasteiger partial charge >= 0.3 is 0 Å². The van der Waals surface area contributed by atoms with Gasteiger partial charge in [0, 0.05) is 6.42 Å². The topological polar surface area (TPSA) is 29.5 Å². The molecule has 1 fully saturated rings. The van der Waals surface area contributed by atoms with Crippen LogP contribution < -0.4 is 4.74 Å². The van der Waals surface area contributed by atoms with Gasteiger partial charge in [-0.05, 0) is 41.9 Å². The Morgan fingerprint density at radius 3 is 2.58 bits per heavy atom. The average Bonchev–Trinajstić information content (AvgIpc) is 2.47. The normalized spacial score (nSPS) is 29.5. The van der Waals surface area contributed by atoms with Crippen LogP contribution in [0.5, 0.6) is 5.75 Å².